The molecule has 2 aliphatic carbocycles. The number of ether oxygens (including phenoxy) is 3. The summed E-state index contributed by atoms with van der Waals surface area (Å²) in [5, 5.41) is 0. The third-order valence-corrected chi connectivity index (χ3v) is 8.12. The lowest BCUT2D eigenvalue weighted by molar-refractivity contribution is -0.150. The monoisotopic (exact) mass is 608 g/mol. The smallest absolute Gasteiger partial charge is 0.309 e. The Hall–Kier alpha value is -4.55. The fourth-order valence-corrected chi connectivity index (χ4v) is 5.55. The molecular formula is C39H38F2O4. The number of carbonyl (C=O) groups is 1. The van der Waals surface area contributed by atoms with Crippen LogP contribution in [-0.2, 0) is 16.1 Å². The van der Waals surface area contributed by atoms with Crippen molar-refractivity contribution in [3.05, 3.63) is 106 Å². The van der Waals surface area contributed by atoms with Crippen molar-refractivity contribution in [1.82, 2.24) is 0 Å². The summed E-state index contributed by atoms with van der Waals surface area (Å²) in [5.41, 5.74) is 3.01. The van der Waals surface area contributed by atoms with E-state index in [1.165, 1.54) is 12.1 Å². The number of hydrogen-bond donors (Lipinski definition) is 0. The summed E-state index contributed by atoms with van der Waals surface area (Å²) in [6.45, 7) is 5.06. The van der Waals surface area contributed by atoms with Crippen molar-refractivity contribution in [1.29, 1.82) is 0 Å². The molecule has 4 nitrogen and oxygen atoms in total. The van der Waals surface area contributed by atoms with E-state index in [2.05, 4.69) is 35.8 Å². The summed E-state index contributed by atoms with van der Waals surface area (Å²) in [4.78, 5) is 13.0. The molecule has 1 fully saturated rings. The molecule has 0 radical (unpaired) electrons. The van der Waals surface area contributed by atoms with Gasteiger partial charge >= 0.3 is 5.97 Å². The molecule has 3 atom stereocenters. The zero-order chi connectivity index (χ0) is 31.6. The van der Waals surface area contributed by atoms with Crippen LogP contribution >= 0.6 is 0 Å². The number of fused-ring (bicyclic) bond motifs is 2. The second-order valence-corrected chi connectivity index (χ2v) is 11.6. The molecule has 232 valence electrons. The second-order valence-electron chi connectivity index (χ2n) is 11.6. The SMILES string of the molecule is CCCCOc1ccc(C#Cc2ccc(C#Cc3ccc(OCCCC)c(F)c3)c(COC(=O)C3CC4C=CC3C4)c2)cc1F. The Bertz CT molecular complexity index is 1670. The number of esters is 1. The van der Waals surface area contributed by atoms with E-state index >= 15 is 0 Å². The molecule has 0 spiro atoms. The van der Waals surface area contributed by atoms with Gasteiger partial charge in [-0.15, -0.1) is 0 Å². The van der Waals surface area contributed by atoms with Crippen LogP contribution < -0.4 is 9.47 Å². The van der Waals surface area contributed by atoms with Gasteiger partial charge in [-0.3, -0.25) is 4.79 Å². The van der Waals surface area contributed by atoms with E-state index in [1.807, 2.05) is 32.0 Å². The van der Waals surface area contributed by atoms with E-state index in [4.69, 9.17) is 14.2 Å². The molecule has 45 heavy (non-hydrogen) atoms. The van der Waals surface area contributed by atoms with Gasteiger partial charge in [0.25, 0.3) is 0 Å². The molecule has 5 rings (SSSR count). The van der Waals surface area contributed by atoms with Crippen LogP contribution in [0.25, 0.3) is 0 Å². The van der Waals surface area contributed by atoms with Crippen LogP contribution in [0.4, 0.5) is 8.78 Å². The zero-order valence-corrected chi connectivity index (χ0v) is 25.8. The van der Waals surface area contributed by atoms with E-state index in [9.17, 15) is 13.6 Å². The van der Waals surface area contributed by atoms with Gasteiger partial charge in [0, 0.05) is 27.8 Å². The van der Waals surface area contributed by atoms with Crippen LogP contribution in [-0.4, -0.2) is 19.2 Å². The number of benzene rings is 3. The summed E-state index contributed by atoms with van der Waals surface area (Å²) < 4.78 is 45.9. The molecule has 0 aromatic heterocycles. The number of hydrogen-bond acceptors (Lipinski definition) is 4. The summed E-state index contributed by atoms with van der Waals surface area (Å²) in [5.74, 6) is 12.1. The molecule has 0 aliphatic heterocycles. The van der Waals surface area contributed by atoms with Gasteiger partial charge in [0.05, 0.1) is 19.1 Å². The van der Waals surface area contributed by atoms with Crippen molar-refractivity contribution in [2.24, 2.45) is 17.8 Å². The molecule has 3 aromatic rings. The van der Waals surface area contributed by atoms with Crippen molar-refractivity contribution in [3.63, 3.8) is 0 Å². The highest BCUT2D eigenvalue weighted by molar-refractivity contribution is 5.74. The average Bonchev–Trinajstić information content (AvgIpc) is 3.68. The predicted molar refractivity (Wildman–Crippen MR) is 171 cm³/mol. The highest BCUT2D eigenvalue weighted by Crippen LogP contribution is 2.44. The Morgan fingerprint density at radius 3 is 1.87 bits per heavy atom. The van der Waals surface area contributed by atoms with Crippen LogP contribution in [0.2, 0.25) is 0 Å². The molecule has 2 bridgehead atoms. The number of unbranched alkanes of at least 4 members (excludes halogenated alkanes) is 2. The van der Waals surface area contributed by atoms with E-state index in [0.717, 1.165) is 38.5 Å². The molecule has 2 aliphatic rings. The molecule has 3 unspecified atom stereocenters. The molecule has 0 heterocycles. The Balaban J connectivity index is 1.35. The van der Waals surface area contributed by atoms with Gasteiger partial charge in [-0.25, -0.2) is 8.78 Å². The van der Waals surface area contributed by atoms with Gasteiger partial charge in [0.15, 0.2) is 23.1 Å². The largest absolute Gasteiger partial charge is 0.491 e. The van der Waals surface area contributed by atoms with Crippen LogP contribution in [0.1, 0.15) is 80.2 Å². The first-order valence-corrected chi connectivity index (χ1v) is 15.8. The number of rotatable bonds is 11. The summed E-state index contributed by atoms with van der Waals surface area (Å²) in [7, 11) is 0. The first-order valence-electron chi connectivity index (χ1n) is 15.8. The maximum absolute atomic E-state index is 14.6. The van der Waals surface area contributed by atoms with Gasteiger partial charge < -0.3 is 14.2 Å². The first-order chi connectivity index (χ1) is 21.9. The van der Waals surface area contributed by atoms with Gasteiger partial charge in [-0.1, -0.05) is 62.5 Å². The Morgan fingerprint density at radius 2 is 1.33 bits per heavy atom. The van der Waals surface area contributed by atoms with Crippen molar-refractivity contribution >= 4 is 5.97 Å². The molecule has 6 heteroatoms. The van der Waals surface area contributed by atoms with E-state index in [0.29, 0.717) is 46.9 Å². The molecule has 0 amide bonds. The second kappa shape index (κ2) is 15.4. The zero-order valence-electron chi connectivity index (χ0n) is 25.8. The van der Waals surface area contributed by atoms with Gasteiger partial charge in [-0.05, 0) is 92.1 Å². The summed E-state index contributed by atoms with van der Waals surface area (Å²) in [6.07, 6.45) is 9.78. The normalized spacial score (nSPS) is 17.6. The average molecular weight is 609 g/mol. The molecule has 3 aromatic carbocycles. The standard InChI is InChI=1S/C39H38F2O4/c1-3-5-19-43-37-17-12-28(24-35(37)40)8-7-27-9-14-31(15-10-29-13-18-38(36(41)25-29)44-20-6-4-2)33(21-27)26-45-39(42)34-23-30-11-16-32(34)22-30/h9,11-14,16-18,21,24-25,30,32,34H,3-6,19-20,22-23,26H2,1-2H3. The van der Waals surface area contributed by atoms with Crippen LogP contribution in [0.3, 0.4) is 0 Å². The van der Waals surface area contributed by atoms with Gasteiger partial charge in [0.1, 0.15) is 6.61 Å². The minimum absolute atomic E-state index is 0.0347. The highest BCUT2D eigenvalue weighted by atomic mass is 19.1. The Morgan fingerprint density at radius 1 is 0.756 bits per heavy atom. The van der Waals surface area contributed by atoms with Crippen LogP contribution in [0.5, 0.6) is 11.5 Å². The number of allylic oxidation sites excluding steroid dienone is 2. The van der Waals surface area contributed by atoms with Crippen LogP contribution in [0, 0.1) is 53.1 Å². The van der Waals surface area contributed by atoms with Crippen LogP contribution in [0.15, 0.2) is 66.7 Å². The molecule has 1 saturated carbocycles. The lowest BCUT2D eigenvalue weighted by Gasteiger charge is -2.17. The fourth-order valence-electron chi connectivity index (χ4n) is 5.55. The first kappa shape index (κ1) is 31.9. The fraction of sp³-hybridized carbons (Fsp3) is 0.359. The maximum atomic E-state index is 14.6. The Kier molecular flexibility index (Phi) is 10.9. The Labute approximate surface area is 264 Å². The maximum Gasteiger partial charge on any atom is 0.309 e. The van der Waals surface area contributed by atoms with Gasteiger partial charge in [0.2, 0.25) is 0 Å². The van der Waals surface area contributed by atoms with E-state index < -0.39 is 11.6 Å². The minimum atomic E-state index is -0.463. The van der Waals surface area contributed by atoms with Crippen molar-refractivity contribution in [3.8, 4) is 35.2 Å². The van der Waals surface area contributed by atoms with Gasteiger partial charge in [-0.2, -0.15) is 0 Å². The van der Waals surface area contributed by atoms with E-state index in [-0.39, 0.29) is 35.9 Å². The van der Waals surface area contributed by atoms with Crippen molar-refractivity contribution < 1.29 is 27.8 Å². The third-order valence-electron chi connectivity index (χ3n) is 8.12. The van der Waals surface area contributed by atoms with E-state index in [1.54, 1.807) is 24.3 Å². The quantitative estimate of drug-likeness (QED) is 0.0950. The molecule has 0 saturated heterocycles. The van der Waals surface area contributed by atoms with Crippen molar-refractivity contribution in [2.45, 2.75) is 59.0 Å². The lowest BCUT2D eigenvalue weighted by Crippen LogP contribution is -2.21. The third kappa shape index (κ3) is 8.55. The number of carbonyl (C=O) groups excluding carboxylic acids is 1. The number of halogens is 2. The minimum Gasteiger partial charge on any atom is -0.491 e. The topological polar surface area (TPSA) is 44.8 Å². The lowest BCUT2D eigenvalue weighted by atomic mass is 9.94. The summed E-state index contributed by atoms with van der Waals surface area (Å²) in [6, 6.07) is 14.8. The highest BCUT2D eigenvalue weighted by Gasteiger charge is 2.40. The van der Waals surface area contributed by atoms with Crippen molar-refractivity contribution in [2.75, 3.05) is 13.2 Å². The summed E-state index contributed by atoms with van der Waals surface area (Å²) >= 11 is 0. The molecular weight excluding hydrogens is 570 g/mol. The molecule has 0 N–H and O–H groups in total. The predicted octanol–water partition coefficient (Wildman–Crippen LogP) is 8.38.